The number of nitrogens with zero attached hydrogens (tertiary/aromatic N) is 4. The zero-order chi connectivity index (χ0) is 19.1. The summed E-state index contributed by atoms with van der Waals surface area (Å²) in [5.41, 5.74) is 1.15. The Kier molecular flexibility index (Phi) is 7.48. The van der Waals surface area contributed by atoms with Gasteiger partial charge in [-0.25, -0.2) is 0 Å². The van der Waals surface area contributed by atoms with Crippen LogP contribution in [0.4, 0.5) is 0 Å². The number of piperazine rings is 1. The monoisotopic (exact) mass is 372 g/mol. The van der Waals surface area contributed by atoms with Gasteiger partial charge in [-0.2, -0.15) is 0 Å². The van der Waals surface area contributed by atoms with E-state index in [1.54, 1.807) is 17.7 Å². The summed E-state index contributed by atoms with van der Waals surface area (Å²) in [5, 5.41) is 0. The molecular formula is C21H32N4O2. The van der Waals surface area contributed by atoms with Gasteiger partial charge in [0.05, 0.1) is 12.6 Å². The molecule has 0 aromatic carbocycles. The Balaban J connectivity index is 1.31. The minimum Gasteiger partial charge on any atom is -0.365 e. The molecule has 6 heteroatoms. The molecule has 0 aliphatic carbocycles. The predicted octanol–water partition coefficient (Wildman–Crippen LogP) is 0.617. The standard InChI is InChI=1S/C21H32N4O2/c1-22-12-14-24(15-13-22)8-3-4-16-27-20-6-10-25(11-7-20)18-19-5-9-23(2)21(26)17-19/h5,9,17,20H,6-8,10-16,18H2,1-2H3. The number of pyridine rings is 1. The van der Waals surface area contributed by atoms with Gasteiger partial charge in [0.15, 0.2) is 0 Å². The summed E-state index contributed by atoms with van der Waals surface area (Å²) in [4.78, 5) is 18.9. The predicted molar refractivity (Wildman–Crippen MR) is 108 cm³/mol. The lowest BCUT2D eigenvalue weighted by Crippen LogP contribution is -2.44. The Morgan fingerprint density at radius 1 is 1.04 bits per heavy atom. The fourth-order valence-electron chi connectivity index (χ4n) is 3.56. The number of likely N-dealkylation sites (tertiary alicyclic amines) is 1. The Morgan fingerprint density at radius 3 is 2.48 bits per heavy atom. The van der Waals surface area contributed by atoms with Crippen LogP contribution in [0.2, 0.25) is 0 Å². The fraction of sp³-hybridized carbons (Fsp3) is 0.667. The highest BCUT2D eigenvalue weighted by Gasteiger charge is 2.19. The first-order valence-electron chi connectivity index (χ1n) is 9.96. The zero-order valence-corrected chi connectivity index (χ0v) is 16.7. The van der Waals surface area contributed by atoms with Gasteiger partial charge in [-0.15, -0.1) is 0 Å². The normalized spacial score (nSPS) is 20.4. The highest BCUT2D eigenvalue weighted by molar-refractivity contribution is 5.10. The Labute approximate surface area is 162 Å². The van der Waals surface area contributed by atoms with E-state index in [9.17, 15) is 4.79 Å². The molecule has 0 bridgehead atoms. The topological polar surface area (TPSA) is 41.0 Å². The van der Waals surface area contributed by atoms with E-state index in [0.717, 1.165) is 70.8 Å². The van der Waals surface area contributed by atoms with Crippen LogP contribution in [-0.4, -0.2) is 84.8 Å². The highest BCUT2D eigenvalue weighted by atomic mass is 16.5. The van der Waals surface area contributed by atoms with E-state index >= 15 is 0 Å². The van der Waals surface area contributed by atoms with Crippen LogP contribution in [0.5, 0.6) is 0 Å². The number of aromatic nitrogens is 1. The smallest absolute Gasteiger partial charge is 0.250 e. The van der Waals surface area contributed by atoms with E-state index in [2.05, 4.69) is 33.6 Å². The number of hydrogen-bond acceptors (Lipinski definition) is 5. The largest absolute Gasteiger partial charge is 0.365 e. The first-order valence-corrected chi connectivity index (χ1v) is 9.96. The molecule has 2 saturated heterocycles. The van der Waals surface area contributed by atoms with Crippen LogP contribution in [-0.2, 0) is 18.3 Å². The lowest BCUT2D eigenvalue weighted by Gasteiger charge is -2.31. The van der Waals surface area contributed by atoms with E-state index in [1.807, 2.05) is 12.3 Å². The molecular weight excluding hydrogens is 340 g/mol. The van der Waals surface area contributed by atoms with Crippen LogP contribution in [0.15, 0.2) is 23.1 Å². The Hall–Kier alpha value is -1.65. The number of hydrogen-bond donors (Lipinski definition) is 0. The van der Waals surface area contributed by atoms with E-state index in [0.29, 0.717) is 12.7 Å². The van der Waals surface area contributed by atoms with Crippen LogP contribution < -0.4 is 5.56 Å². The SMILES string of the molecule is CN1CCN(CC#CCOC2CCN(Cc3ccn(C)c(=O)c3)CC2)CC1. The Bertz CT molecular complexity index is 705. The summed E-state index contributed by atoms with van der Waals surface area (Å²) >= 11 is 0. The molecule has 2 fully saturated rings. The fourth-order valence-corrected chi connectivity index (χ4v) is 3.56. The lowest BCUT2D eigenvalue weighted by atomic mass is 10.1. The van der Waals surface area contributed by atoms with Gasteiger partial charge < -0.3 is 14.2 Å². The second kappa shape index (κ2) is 10.0. The summed E-state index contributed by atoms with van der Waals surface area (Å²) < 4.78 is 7.55. The van der Waals surface area contributed by atoms with Crippen molar-refractivity contribution in [3.8, 4) is 11.8 Å². The van der Waals surface area contributed by atoms with E-state index in [1.165, 1.54) is 0 Å². The third-order valence-electron chi connectivity index (χ3n) is 5.52. The van der Waals surface area contributed by atoms with Crippen LogP contribution in [0, 0.1) is 11.8 Å². The molecule has 0 amide bonds. The molecule has 148 valence electrons. The van der Waals surface area contributed by atoms with Gasteiger partial charge in [0, 0.05) is 65.1 Å². The van der Waals surface area contributed by atoms with E-state index in [-0.39, 0.29) is 5.56 Å². The van der Waals surface area contributed by atoms with Crippen molar-refractivity contribution in [2.75, 3.05) is 59.5 Å². The highest BCUT2D eigenvalue weighted by Crippen LogP contribution is 2.15. The van der Waals surface area contributed by atoms with Crippen molar-refractivity contribution in [3.05, 3.63) is 34.2 Å². The first-order chi connectivity index (χ1) is 13.1. The van der Waals surface area contributed by atoms with E-state index in [4.69, 9.17) is 4.74 Å². The van der Waals surface area contributed by atoms with Crippen LogP contribution in [0.3, 0.4) is 0 Å². The zero-order valence-electron chi connectivity index (χ0n) is 16.7. The molecule has 27 heavy (non-hydrogen) atoms. The molecule has 0 saturated carbocycles. The molecule has 1 aromatic rings. The third kappa shape index (κ3) is 6.47. The van der Waals surface area contributed by atoms with Gasteiger partial charge in [0.2, 0.25) is 0 Å². The minimum absolute atomic E-state index is 0.0564. The average molecular weight is 373 g/mol. The lowest BCUT2D eigenvalue weighted by molar-refractivity contribution is 0.0225. The van der Waals surface area contributed by atoms with Crippen molar-refractivity contribution < 1.29 is 4.74 Å². The molecule has 0 N–H and O–H groups in total. The maximum absolute atomic E-state index is 11.7. The molecule has 3 rings (SSSR count). The van der Waals surface area contributed by atoms with Crippen LogP contribution in [0.25, 0.3) is 0 Å². The van der Waals surface area contributed by atoms with E-state index < -0.39 is 0 Å². The molecule has 1 aromatic heterocycles. The number of piperidine rings is 1. The van der Waals surface area contributed by atoms with Gasteiger partial charge in [0.1, 0.15) is 6.61 Å². The van der Waals surface area contributed by atoms with Gasteiger partial charge >= 0.3 is 0 Å². The summed E-state index contributed by atoms with van der Waals surface area (Å²) in [6.45, 7) is 8.73. The molecule has 2 aliphatic heterocycles. The Morgan fingerprint density at radius 2 is 1.78 bits per heavy atom. The summed E-state index contributed by atoms with van der Waals surface area (Å²) in [7, 11) is 3.95. The van der Waals surface area contributed by atoms with Crippen molar-refractivity contribution in [3.63, 3.8) is 0 Å². The molecule has 0 radical (unpaired) electrons. The molecule has 2 aliphatic rings. The maximum atomic E-state index is 11.7. The van der Waals surface area contributed by atoms with Crippen molar-refractivity contribution in [2.45, 2.75) is 25.5 Å². The molecule has 6 nitrogen and oxygen atoms in total. The number of rotatable bonds is 5. The van der Waals surface area contributed by atoms with Gasteiger partial charge in [0.25, 0.3) is 5.56 Å². The average Bonchev–Trinajstić information content (AvgIpc) is 2.67. The van der Waals surface area contributed by atoms with Gasteiger partial charge in [-0.3, -0.25) is 14.6 Å². The molecule has 0 atom stereocenters. The van der Waals surface area contributed by atoms with Crippen molar-refractivity contribution in [2.24, 2.45) is 7.05 Å². The van der Waals surface area contributed by atoms with Crippen LogP contribution in [0.1, 0.15) is 18.4 Å². The molecule has 0 spiro atoms. The summed E-state index contributed by atoms with van der Waals surface area (Å²) in [6.07, 6.45) is 4.22. The minimum atomic E-state index is 0.0564. The molecule has 0 unspecified atom stereocenters. The van der Waals surface area contributed by atoms with Gasteiger partial charge in [-0.1, -0.05) is 11.8 Å². The molecule has 3 heterocycles. The van der Waals surface area contributed by atoms with Gasteiger partial charge in [-0.05, 0) is 31.5 Å². The third-order valence-corrected chi connectivity index (χ3v) is 5.52. The maximum Gasteiger partial charge on any atom is 0.250 e. The number of aryl methyl sites for hydroxylation is 1. The van der Waals surface area contributed by atoms with Crippen molar-refractivity contribution in [1.82, 2.24) is 19.3 Å². The van der Waals surface area contributed by atoms with Crippen molar-refractivity contribution >= 4 is 0 Å². The number of ether oxygens (including phenoxy) is 1. The second-order valence-electron chi connectivity index (χ2n) is 7.70. The summed E-state index contributed by atoms with van der Waals surface area (Å²) in [5.74, 6) is 6.43. The first kappa shape index (κ1) is 20.1. The summed E-state index contributed by atoms with van der Waals surface area (Å²) in [6, 6.07) is 3.76. The second-order valence-corrected chi connectivity index (χ2v) is 7.70. The van der Waals surface area contributed by atoms with Crippen LogP contribution >= 0.6 is 0 Å². The quantitative estimate of drug-likeness (QED) is 0.709. The number of likely N-dealkylation sites (N-methyl/N-ethyl adjacent to an activating group) is 1. The van der Waals surface area contributed by atoms with Crippen molar-refractivity contribution in [1.29, 1.82) is 0 Å².